The Kier molecular flexibility index (Phi) is 7.00. The summed E-state index contributed by atoms with van der Waals surface area (Å²) in [6.45, 7) is 0. The lowest BCUT2D eigenvalue weighted by atomic mass is 10.1. The van der Waals surface area contributed by atoms with Gasteiger partial charge >= 0.3 is 0 Å². The molecule has 0 aliphatic heterocycles. The summed E-state index contributed by atoms with van der Waals surface area (Å²) >= 11 is 30.9. The number of amides is 2. The molecule has 0 radical (unpaired) electrons. The Hall–Kier alpha value is -2.09. The van der Waals surface area contributed by atoms with Crippen LogP contribution in [-0.2, 0) is 4.79 Å². The quantitative estimate of drug-likeness (QED) is 0.312. The van der Waals surface area contributed by atoms with E-state index >= 15 is 0 Å². The van der Waals surface area contributed by atoms with Crippen LogP contribution in [0.15, 0.2) is 54.6 Å². The Morgan fingerprint density at radius 3 is 2.18 bits per heavy atom. The highest BCUT2D eigenvalue weighted by atomic mass is 35.5. The lowest BCUT2D eigenvalue weighted by molar-refractivity contribution is -0.117. The van der Waals surface area contributed by atoms with Gasteiger partial charge in [0.2, 0.25) is 5.91 Å². The van der Waals surface area contributed by atoms with Crippen molar-refractivity contribution in [3.05, 3.63) is 92.4 Å². The molecule has 11 heteroatoms. The monoisotopic (exact) mass is 562 g/mol. The number of hydrogen-bond acceptors (Lipinski definition) is 2. The van der Waals surface area contributed by atoms with Crippen molar-refractivity contribution in [3.8, 4) is 0 Å². The first-order valence-electron chi connectivity index (χ1n) is 9.68. The third-order valence-corrected chi connectivity index (χ3v) is 6.94. The first-order valence-corrected chi connectivity index (χ1v) is 11.6. The minimum absolute atomic E-state index is 0.0415. The molecule has 0 saturated heterocycles. The molecule has 34 heavy (non-hydrogen) atoms. The smallest absolute Gasteiger partial charge is 0.257 e. The first kappa shape index (κ1) is 25.0. The van der Waals surface area contributed by atoms with Crippen molar-refractivity contribution < 1.29 is 18.4 Å². The van der Waals surface area contributed by atoms with Crippen molar-refractivity contribution in [2.75, 3.05) is 10.6 Å². The number of anilines is 2. The van der Waals surface area contributed by atoms with Gasteiger partial charge in [0.05, 0.1) is 22.2 Å². The Balaban J connectivity index is 1.52. The summed E-state index contributed by atoms with van der Waals surface area (Å²) in [4.78, 5) is 25.5. The van der Waals surface area contributed by atoms with E-state index in [1.54, 1.807) is 18.2 Å². The average molecular weight is 565 g/mol. The molecule has 1 saturated carbocycles. The maximum absolute atomic E-state index is 13.9. The zero-order valence-corrected chi connectivity index (χ0v) is 20.6. The number of rotatable bonds is 5. The van der Waals surface area contributed by atoms with Gasteiger partial charge in [0, 0.05) is 27.7 Å². The molecule has 3 aromatic rings. The van der Waals surface area contributed by atoms with Gasteiger partial charge in [-0.1, -0.05) is 34.8 Å². The van der Waals surface area contributed by atoms with Crippen LogP contribution in [0.2, 0.25) is 15.1 Å². The molecule has 0 heterocycles. The van der Waals surface area contributed by atoms with Gasteiger partial charge in [-0.2, -0.15) is 0 Å². The minimum Gasteiger partial charge on any atom is -0.326 e. The van der Waals surface area contributed by atoms with Crippen molar-refractivity contribution >= 4 is 81.2 Å². The summed E-state index contributed by atoms with van der Waals surface area (Å²) in [5.74, 6) is -4.35. The molecule has 4 nitrogen and oxygen atoms in total. The fraction of sp³-hybridized carbons (Fsp3) is 0.130. The first-order chi connectivity index (χ1) is 16.0. The number of carbonyl (C=O) groups is 2. The van der Waals surface area contributed by atoms with E-state index in [1.165, 1.54) is 18.2 Å². The minimum atomic E-state index is -1.38. The number of alkyl halides is 2. The van der Waals surface area contributed by atoms with E-state index in [1.807, 2.05) is 0 Å². The summed E-state index contributed by atoms with van der Waals surface area (Å²) in [5, 5.41) is 5.79. The van der Waals surface area contributed by atoms with Crippen LogP contribution in [-0.4, -0.2) is 16.1 Å². The lowest BCUT2D eigenvalue weighted by Crippen LogP contribution is -2.18. The van der Waals surface area contributed by atoms with Crippen LogP contribution < -0.4 is 10.6 Å². The van der Waals surface area contributed by atoms with Crippen molar-refractivity contribution in [1.82, 2.24) is 0 Å². The summed E-state index contributed by atoms with van der Waals surface area (Å²) in [7, 11) is 0. The van der Waals surface area contributed by atoms with Gasteiger partial charge in [0.25, 0.3) is 5.91 Å². The third-order valence-electron chi connectivity index (χ3n) is 5.24. The third kappa shape index (κ3) is 5.11. The molecule has 2 amide bonds. The number of hydrogen-bond donors (Lipinski definition) is 2. The second kappa shape index (κ2) is 9.51. The highest BCUT2D eigenvalue weighted by Gasteiger charge is 2.67. The standard InChI is InChI=1S/C23H13Cl5F2N2O2/c24-11-5-10(6-12(25)7-11)19-20(23(19,27)28)22(34)31-14-2-3-16(26)15(9-14)21(33)32-18-4-1-13(29)8-17(18)30/h1-9,19-20H,(H,31,34)(H,32,33)/t19-,20?/m0/s1. The number of carbonyl (C=O) groups excluding carboxylic acids is 2. The molecule has 1 fully saturated rings. The summed E-state index contributed by atoms with van der Waals surface area (Å²) in [5.41, 5.74) is 0.574. The van der Waals surface area contributed by atoms with Crippen LogP contribution in [0.3, 0.4) is 0 Å². The molecular weight excluding hydrogens is 552 g/mol. The molecule has 176 valence electrons. The molecule has 0 spiro atoms. The van der Waals surface area contributed by atoms with Gasteiger partial charge in [0.15, 0.2) is 0 Å². The highest BCUT2D eigenvalue weighted by molar-refractivity contribution is 6.53. The fourth-order valence-electron chi connectivity index (χ4n) is 3.60. The van der Waals surface area contributed by atoms with Gasteiger partial charge in [-0.15, -0.1) is 23.2 Å². The van der Waals surface area contributed by atoms with Crippen LogP contribution in [0.1, 0.15) is 21.8 Å². The van der Waals surface area contributed by atoms with Crippen molar-refractivity contribution in [2.24, 2.45) is 5.92 Å². The van der Waals surface area contributed by atoms with Crippen LogP contribution in [0.25, 0.3) is 0 Å². The largest absolute Gasteiger partial charge is 0.326 e. The SMILES string of the molecule is O=C(Nc1ccc(F)cc1F)c1cc(NC(=O)C2[C@H](c3cc(Cl)cc(Cl)c3)C2(Cl)Cl)ccc1Cl. The van der Waals surface area contributed by atoms with E-state index in [4.69, 9.17) is 58.0 Å². The summed E-state index contributed by atoms with van der Waals surface area (Å²) in [6, 6.07) is 11.7. The average Bonchev–Trinajstić information content (AvgIpc) is 3.33. The summed E-state index contributed by atoms with van der Waals surface area (Å²) < 4.78 is 25.6. The second-order valence-electron chi connectivity index (χ2n) is 7.59. The predicted octanol–water partition coefficient (Wildman–Crippen LogP) is 7.70. The Bertz CT molecular complexity index is 1300. The van der Waals surface area contributed by atoms with Gasteiger partial charge in [-0.05, 0) is 54.1 Å². The van der Waals surface area contributed by atoms with E-state index in [-0.39, 0.29) is 22.0 Å². The maximum Gasteiger partial charge on any atom is 0.257 e. The van der Waals surface area contributed by atoms with E-state index in [9.17, 15) is 18.4 Å². The van der Waals surface area contributed by atoms with Crippen molar-refractivity contribution in [1.29, 1.82) is 0 Å². The Morgan fingerprint density at radius 2 is 1.53 bits per heavy atom. The van der Waals surface area contributed by atoms with Gasteiger partial charge in [0.1, 0.15) is 16.0 Å². The van der Waals surface area contributed by atoms with Crippen LogP contribution in [0.5, 0.6) is 0 Å². The molecule has 4 rings (SSSR count). The van der Waals surface area contributed by atoms with E-state index in [2.05, 4.69) is 10.6 Å². The van der Waals surface area contributed by atoms with Crippen molar-refractivity contribution in [3.63, 3.8) is 0 Å². The zero-order chi connectivity index (χ0) is 24.8. The lowest BCUT2D eigenvalue weighted by Gasteiger charge is -2.11. The van der Waals surface area contributed by atoms with E-state index < -0.39 is 39.6 Å². The molecule has 2 N–H and O–H groups in total. The molecule has 2 atom stereocenters. The number of halogens is 7. The van der Waals surface area contributed by atoms with Crippen LogP contribution in [0.4, 0.5) is 20.2 Å². The van der Waals surface area contributed by atoms with Gasteiger partial charge in [-0.25, -0.2) is 8.78 Å². The molecule has 1 aliphatic carbocycles. The fourth-order valence-corrected chi connectivity index (χ4v) is 5.17. The Labute approximate surface area is 218 Å². The summed E-state index contributed by atoms with van der Waals surface area (Å²) in [6.07, 6.45) is 0. The van der Waals surface area contributed by atoms with Crippen molar-refractivity contribution in [2.45, 2.75) is 10.3 Å². The molecule has 1 unspecified atom stereocenters. The topological polar surface area (TPSA) is 58.2 Å². The predicted molar refractivity (Wildman–Crippen MR) is 132 cm³/mol. The number of benzene rings is 3. The number of nitrogens with one attached hydrogen (secondary N) is 2. The van der Waals surface area contributed by atoms with Crippen LogP contribution in [0, 0.1) is 17.6 Å². The van der Waals surface area contributed by atoms with E-state index in [0.717, 1.165) is 12.1 Å². The van der Waals surface area contributed by atoms with Gasteiger partial charge in [-0.3, -0.25) is 9.59 Å². The molecule has 1 aliphatic rings. The molecular formula is C23H13Cl5F2N2O2. The maximum atomic E-state index is 13.9. The molecule has 0 bridgehead atoms. The second-order valence-corrected chi connectivity index (χ2v) is 10.3. The highest BCUT2D eigenvalue weighted by Crippen LogP contribution is 2.65. The molecule has 0 aromatic heterocycles. The van der Waals surface area contributed by atoms with E-state index in [0.29, 0.717) is 21.7 Å². The normalized spacial score (nSPS) is 18.3. The zero-order valence-electron chi connectivity index (χ0n) is 16.8. The molecule has 3 aromatic carbocycles. The Morgan fingerprint density at radius 1 is 0.853 bits per heavy atom. The van der Waals surface area contributed by atoms with Gasteiger partial charge < -0.3 is 10.6 Å². The van der Waals surface area contributed by atoms with Crippen LogP contribution >= 0.6 is 58.0 Å².